The number of ether oxygens (including phenoxy) is 2. The van der Waals surface area contributed by atoms with E-state index in [-0.39, 0.29) is 32.7 Å². The molecule has 0 aromatic heterocycles. The topological polar surface area (TPSA) is 47.6 Å². The minimum absolute atomic E-state index is 0. The number of hydrogen-bond donors (Lipinski definition) is 1. The molecule has 0 unspecified atom stereocenters. The molecule has 1 N–H and O–H groups in total. The van der Waals surface area contributed by atoms with Crippen molar-refractivity contribution in [2.75, 3.05) is 12.4 Å². The van der Waals surface area contributed by atoms with Gasteiger partial charge >= 0.3 is 0 Å². The average Bonchev–Trinajstić information content (AvgIpc) is 2.69. The maximum Gasteiger partial charge on any atom is 0.119 e. The minimum atomic E-state index is 0. The van der Waals surface area contributed by atoms with Crippen molar-refractivity contribution in [1.82, 2.24) is 0 Å². The smallest absolute Gasteiger partial charge is 0.119 e. The molecule has 0 saturated carbocycles. The van der Waals surface area contributed by atoms with Gasteiger partial charge in [-0.15, -0.1) is 6.07 Å². The predicted octanol–water partition coefficient (Wildman–Crippen LogP) is 4.51. The maximum atomic E-state index is 8.83. The summed E-state index contributed by atoms with van der Waals surface area (Å²) in [5.41, 5.74) is 3.14. The summed E-state index contributed by atoms with van der Waals surface area (Å²) >= 11 is 0. The zero-order valence-corrected chi connectivity index (χ0v) is 17.4. The molecule has 0 atom stereocenters. The van der Waals surface area contributed by atoms with Gasteiger partial charge in [-0.1, -0.05) is 42.5 Å². The molecule has 0 amide bonds. The number of carbonyl (C=O) groups excluding carboxylic acids is 1. The Morgan fingerprint density at radius 3 is 2.19 bits per heavy atom. The first-order valence-corrected chi connectivity index (χ1v) is 7.72. The van der Waals surface area contributed by atoms with Gasteiger partial charge in [-0.2, -0.15) is 24.3 Å². The summed E-state index contributed by atoms with van der Waals surface area (Å²) in [6.07, 6.45) is 0. The van der Waals surface area contributed by atoms with Gasteiger partial charge in [0.15, 0.2) is 0 Å². The number of hydrogen-bond acceptors (Lipinski definition) is 4. The largest absolute Gasteiger partial charge is 0.655 e. The van der Waals surface area contributed by atoms with Crippen LogP contribution in [0.2, 0.25) is 0 Å². The van der Waals surface area contributed by atoms with Crippen LogP contribution in [0.3, 0.4) is 0 Å². The first-order valence-electron chi connectivity index (χ1n) is 7.72. The third-order valence-corrected chi connectivity index (χ3v) is 3.17. The second-order valence-corrected chi connectivity index (χ2v) is 4.99. The Morgan fingerprint density at radius 2 is 1.62 bits per heavy atom. The minimum Gasteiger partial charge on any atom is -0.655 e. The summed E-state index contributed by atoms with van der Waals surface area (Å²) in [5, 5.41) is 3.29. The summed E-state index contributed by atoms with van der Waals surface area (Å²) in [6, 6.07) is 29.0. The molecule has 0 saturated heterocycles. The number of benzene rings is 3. The van der Waals surface area contributed by atoms with Crippen LogP contribution in [0.15, 0.2) is 78.9 Å². The van der Waals surface area contributed by atoms with Crippen molar-refractivity contribution in [2.45, 2.75) is 6.61 Å². The Labute approximate surface area is 179 Å². The summed E-state index contributed by atoms with van der Waals surface area (Å²) in [6.45, 7) is 1.76. The molecule has 0 aliphatic carbocycles. The Kier molecular flexibility index (Phi) is 11.0. The van der Waals surface area contributed by atoms with E-state index >= 15 is 0 Å². The molecule has 3 aromatic carbocycles. The van der Waals surface area contributed by atoms with Crippen LogP contribution in [-0.4, -0.2) is 13.6 Å². The molecule has 0 aliphatic heterocycles. The van der Waals surface area contributed by atoms with Crippen LogP contribution in [0.4, 0.5) is 11.4 Å². The normalized spacial score (nSPS) is 8.96. The van der Waals surface area contributed by atoms with Crippen LogP contribution in [-0.2, 0) is 48.8 Å². The molecule has 5 heteroatoms. The van der Waals surface area contributed by atoms with E-state index in [9.17, 15) is 0 Å². The van der Waals surface area contributed by atoms with Crippen molar-refractivity contribution in [3.8, 4) is 5.75 Å². The van der Waals surface area contributed by atoms with Crippen LogP contribution in [0.1, 0.15) is 5.56 Å². The number of anilines is 2. The summed E-state index contributed by atoms with van der Waals surface area (Å²) in [5.74, 6) is 0.862. The quantitative estimate of drug-likeness (QED) is 0.594. The van der Waals surface area contributed by atoms with Gasteiger partial charge in [0.1, 0.15) is 12.4 Å². The van der Waals surface area contributed by atoms with Crippen molar-refractivity contribution >= 4 is 17.8 Å². The van der Waals surface area contributed by atoms with Crippen LogP contribution < -0.4 is 10.1 Å². The number of nitrogens with one attached hydrogen (secondary N) is 1. The van der Waals surface area contributed by atoms with Gasteiger partial charge in [-0.3, -0.25) is 0 Å². The number of methoxy groups -OCH3 is 1. The molecule has 0 aliphatic rings. The Balaban J connectivity index is 0.000000616. The predicted molar refractivity (Wildman–Crippen MR) is 98.5 cm³/mol. The van der Waals surface area contributed by atoms with Crippen LogP contribution in [0, 0.1) is 6.07 Å². The van der Waals surface area contributed by atoms with Crippen molar-refractivity contribution in [3.63, 3.8) is 0 Å². The SMILES string of the molecule is CO[C-]=O.[Y].[c-]1ccccc1Nc1ccc(OCc2ccccc2)cc1. The van der Waals surface area contributed by atoms with Gasteiger partial charge in [0, 0.05) is 45.5 Å². The number of para-hydroxylation sites is 1. The van der Waals surface area contributed by atoms with Gasteiger partial charge in [-0.05, 0) is 29.8 Å². The standard InChI is InChI=1S/C19H16NO.C2H3O2.Y/c1-3-7-16(8-4-1)15-21-19-13-11-18(12-14-19)20-17-9-5-2-6-10-17;1-4-2-3;/h1-9,11-14,20H,15H2;1H3;/q2*-1;. The van der Waals surface area contributed by atoms with Crippen LogP contribution in [0.25, 0.3) is 0 Å². The van der Waals surface area contributed by atoms with Crippen LogP contribution in [0.5, 0.6) is 5.75 Å². The molecule has 0 heterocycles. The summed E-state index contributed by atoms with van der Waals surface area (Å²) < 4.78 is 9.50. The molecule has 3 rings (SSSR count). The Morgan fingerprint density at radius 1 is 0.962 bits per heavy atom. The number of rotatable bonds is 6. The van der Waals surface area contributed by atoms with Crippen molar-refractivity contribution in [1.29, 1.82) is 0 Å². The van der Waals surface area contributed by atoms with Gasteiger partial charge in [0.2, 0.25) is 0 Å². The van der Waals surface area contributed by atoms with Crippen molar-refractivity contribution < 1.29 is 47.0 Å². The first kappa shape index (κ1) is 21.9. The fraction of sp³-hybridized carbons (Fsp3) is 0.0952. The van der Waals surface area contributed by atoms with Crippen LogP contribution >= 0.6 is 0 Å². The van der Waals surface area contributed by atoms with Gasteiger partial charge in [-0.25, -0.2) is 0 Å². The third kappa shape index (κ3) is 8.28. The van der Waals surface area contributed by atoms with E-state index in [1.54, 1.807) is 0 Å². The second kappa shape index (κ2) is 13.1. The van der Waals surface area contributed by atoms with E-state index in [1.165, 1.54) is 19.1 Å². The molecule has 26 heavy (non-hydrogen) atoms. The zero-order valence-electron chi connectivity index (χ0n) is 14.5. The molecular formula is C21H19NO3Y-2. The Hall–Kier alpha value is -2.17. The van der Waals surface area contributed by atoms with E-state index in [4.69, 9.17) is 9.53 Å². The van der Waals surface area contributed by atoms with E-state index in [0.717, 1.165) is 17.1 Å². The van der Waals surface area contributed by atoms with E-state index < -0.39 is 0 Å². The first-order chi connectivity index (χ1) is 12.3. The van der Waals surface area contributed by atoms with Gasteiger partial charge < -0.3 is 19.6 Å². The van der Waals surface area contributed by atoms with E-state index in [0.29, 0.717) is 6.61 Å². The molecule has 131 valence electrons. The van der Waals surface area contributed by atoms with E-state index in [2.05, 4.69) is 28.3 Å². The van der Waals surface area contributed by atoms with Crippen molar-refractivity contribution in [2.24, 2.45) is 0 Å². The molecule has 0 bridgehead atoms. The average molecular weight is 422 g/mol. The maximum absolute atomic E-state index is 8.83. The molecule has 0 spiro atoms. The molecule has 0 fully saturated rings. The van der Waals surface area contributed by atoms with E-state index in [1.807, 2.05) is 66.7 Å². The summed E-state index contributed by atoms with van der Waals surface area (Å²) in [4.78, 5) is 8.83. The van der Waals surface area contributed by atoms with Gasteiger partial charge in [0.05, 0.1) is 0 Å². The van der Waals surface area contributed by atoms with Crippen molar-refractivity contribution in [3.05, 3.63) is 90.5 Å². The fourth-order valence-corrected chi connectivity index (χ4v) is 2.00. The Bertz CT molecular complexity index is 734. The monoisotopic (exact) mass is 422 g/mol. The second-order valence-electron chi connectivity index (χ2n) is 4.99. The molecule has 4 nitrogen and oxygen atoms in total. The molecule has 1 radical (unpaired) electrons. The third-order valence-electron chi connectivity index (χ3n) is 3.17. The summed E-state index contributed by atoms with van der Waals surface area (Å²) in [7, 11) is 1.26. The molecule has 3 aromatic rings. The van der Waals surface area contributed by atoms with Gasteiger partial charge in [0.25, 0.3) is 0 Å². The zero-order chi connectivity index (χ0) is 17.7. The fourth-order valence-electron chi connectivity index (χ4n) is 2.00. The molecular weight excluding hydrogens is 403 g/mol.